The molecule has 0 radical (unpaired) electrons. The van der Waals surface area contributed by atoms with Crippen LogP contribution in [0.5, 0.6) is 0 Å². The fourth-order valence-electron chi connectivity index (χ4n) is 5.58. The van der Waals surface area contributed by atoms with E-state index in [0.29, 0.717) is 31.2 Å². The lowest BCUT2D eigenvalue weighted by Crippen LogP contribution is -2.52. The normalized spacial score (nSPS) is 38.7. The summed E-state index contributed by atoms with van der Waals surface area (Å²) < 4.78 is 24.4. The van der Waals surface area contributed by atoms with Crippen molar-refractivity contribution in [3.8, 4) is 0 Å². The Balaban J connectivity index is 1.08. The molecule has 5 atom stereocenters. The average molecular weight is 420 g/mol. The van der Waals surface area contributed by atoms with E-state index in [1.165, 1.54) is 0 Å². The molecule has 1 unspecified atom stereocenters. The number of alkyl carbamates (subject to hydrolysis) is 1. The lowest BCUT2D eigenvalue weighted by molar-refractivity contribution is -0.117. The molecule has 5 fully saturated rings. The van der Waals surface area contributed by atoms with Crippen molar-refractivity contribution in [3.63, 3.8) is 0 Å². The van der Waals surface area contributed by atoms with E-state index >= 15 is 0 Å². The molecule has 0 aliphatic heterocycles. The van der Waals surface area contributed by atoms with Crippen LogP contribution in [0, 0.1) is 17.8 Å². The predicted octanol–water partition coefficient (Wildman–Crippen LogP) is 2.88. The van der Waals surface area contributed by atoms with E-state index in [1.807, 2.05) is 6.07 Å². The van der Waals surface area contributed by atoms with Crippen LogP contribution in [0.4, 0.5) is 15.0 Å². The lowest BCUT2D eigenvalue weighted by Gasteiger charge is -2.38. The number of halogens is 1. The molecule has 5 aliphatic carbocycles. The number of nitrogens with one attached hydrogen (secondary N) is 3. The molecule has 1 heterocycles. The Morgan fingerprint density at radius 2 is 2.13 bits per heavy atom. The number of rotatable bonds is 7. The molecule has 0 aromatic carbocycles. The Labute approximate surface area is 174 Å². The molecule has 164 valence electrons. The molecule has 1 aromatic rings. The number of alkyl halides is 1. The lowest BCUT2D eigenvalue weighted by atomic mass is 9.77. The minimum atomic E-state index is -0.790. The van der Waals surface area contributed by atoms with Gasteiger partial charge >= 0.3 is 6.09 Å². The number of H-pyrrole nitrogens is 1. The number of anilines is 1. The topological polar surface area (TPSA) is 105 Å². The Morgan fingerprint density at radius 1 is 1.30 bits per heavy atom. The van der Waals surface area contributed by atoms with Crippen LogP contribution in [0.15, 0.2) is 6.07 Å². The van der Waals surface area contributed by atoms with E-state index < -0.39 is 12.3 Å². The van der Waals surface area contributed by atoms with Crippen LogP contribution in [0.2, 0.25) is 0 Å². The molecule has 0 spiro atoms. The van der Waals surface area contributed by atoms with E-state index in [-0.39, 0.29) is 35.3 Å². The molecular weight excluding hydrogens is 391 g/mol. The Hall–Kier alpha value is -2.16. The van der Waals surface area contributed by atoms with Crippen molar-refractivity contribution in [1.82, 2.24) is 15.5 Å². The second kappa shape index (κ2) is 7.51. The van der Waals surface area contributed by atoms with Crippen molar-refractivity contribution in [1.29, 1.82) is 0 Å². The van der Waals surface area contributed by atoms with Gasteiger partial charge in [-0.05, 0) is 50.4 Å². The van der Waals surface area contributed by atoms with Gasteiger partial charge in [-0.25, -0.2) is 9.18 Å². The second-order valence-electron chi connectivity index (χ2n) is 9.59. The zero-order valence-electron chi connectivity index (χ0n) is 17.2. The fourth-order valence-corrected chi connectivity index (χ4v) is 5.58. The van der Waals surface area contributed by atoms with Crippen molar-refractivity contribution in [3.05, 3.63) is 11.8 Å². The van der Waals surface area contributed by atoms with Crippen LogP contribution < -0.4 is 10.6 Å². The van der Waals surface area contributed by atoms with Crippen molar-refractivity contribution >= 4 is 17.8 Å². The number of amides is 2. The summed E-state index contributed by atoms with van der Waals surface area (Å²) in [5.74, 6) is 1.14. The summed E-state index contributed by atoms with van der Waals surface area (Å²) in [5, 5.41) is 13.0. The number of nitrogens with zero attached hydrogens (tertiary/aromatic N) is 1. The summed E-state index contributed by atoms with van der Waals surface area (Å²) in [7, 11) is 1.64. The number of fused-ring (bicyclic) bond motifs is 1. The van der Waals surface area contributed by atoms with Gasteiger partial charge in [0.05, 0.1) is 0 Å². The van der Waals surface area contributed by atoms with Gasteiger partial charge in [-0.3, -0.25) is 9.89 Å². The standard InChI is InChI=1S/C21H29FN4O4/c1-29-10-12-5-15(12)19(27)23-18-6-17(25-26-18)11-2-3-14(4-11)30-20(28)24-21-7-13(8-21)16(22)9-21/h6,11-16H,2-5,7-10H2,1H3,(H,24,28)(H2,23,25,26,27)/t11-,12+,13?,14+,15-,16?,21?/m0/s1. The number of ether oxygens (including phenoxy) is 2. The van der Waals surface area contributed by atoms with Crippen LogP contribution in [-0.4, -0.2) is 53.7 Å². The molecule has 2 amide bonds. The first-order valence-electron chi connectivity index (χ1n) is 10.9. The van der Waals surface area contributed by atoms with Crippen molar-refractivity contribution in [2.45, 2.75) is 68.7 Å². The number of hydrogen-bond donors (Lipinski definition) is 3. The van der Waals surface area contributed by atoms with Crippen molar-refractivity contribution < 1.29 is 23.5 Å². The van der Waals surface area contributed by atoms with Gasteiger partial charge in [0.25, 0.3) is 0 Å². The molecule has 0 saturated heterocycles. The summed E-state index contributed by atoms with van der Waals surface area (Å²) >= 11 is 0. The van der Waals surface area contributed by atoms with Crippen molar-refractivity contribution in [2.24, 2.45) is 17.8 Å². The van der Waals surface area contributed by atoms with Crippen LogP contribution in [-0.2, 0) is 14.3 Å². The Kier molecular flexibility index (Phi) is 4.95. The van der Waals surface area contributed by atoms with Gasteiger partial charge in [0.15, 0.2) is 5.82 Å². The molecule has 5 saturated carbocycles. The van der Waals surface area contributed by atoms with Gasteiger partial charge in [-0.15, -0.1) is 0 Å². The third-order valence-corrected chi connectivity index (χ3v) is 7.36. The Bertz CT molecular complexity index is 824. The first-order chi connectivity index (χ1) is 14.4. The highest BCUT2D eigenvalue weighted by Crippen LogP contribution is 2.53. The molecular formula is C21H29FN4O4. The maximum atomic E-state index is 13.6. The highest BCUT2D eigenvalue weighted by molar-refractivity contribution is 5.93. The third kappa shape index (κ3) is 3.79. The molecule has 9 heteroatoms. The molecule has 30 heavy (non-hydrogen) atoms. The molecule has 1 aromatic heterocycles. The van der Waals surface area contributed by atoms with Crippen LogP contribution in [0.25, 0.3) is 0 Å². The highest BCUT2D eigenvalue weighted by Gasteiger charge is 2.57. The van der Waals surface area contributed by atoms with Gasteiger partial charge in [-0.1, -0.05) is 0 Å². The summed E-state index contributed by atoms with van der Waals surface area (Å²) in [6.07, 6.45) is 3.72. The van der Waals surface area contributed by atoms with Gasteiger partial charge in [0, 0.05) is 49.3 Å². The minimum absolute atomic E-state index is 0.00540. The van der Waals surface area contributed by atoms with E-state index in [2.05, 4.69) is 20.8 Å². The smallest absolute Gasteiger partial charge is 0.407 e. The average Bonchev–Trinajstić information content (AvgIpc) is 3.02. The molecule has 5 aliphatic rings. The van der Waals surface area contributed by atoms with Gasteiger partial charge in [-0.2, -0.15) is 5.10 Å². The van der Waals surface area contributed by atoms with Crippen LogP contribution >= 0.6 is 0 Å². The monoisotopic (exact) mass is 420 g/mol. The van der Waals surface area contributed by atoms with E-state index in [1.54, 1.807) is 7.11 Å². The fraction of sp³-hybridized carbons (Fsp3) is 0.762. The van der Waals surface area contributed by atoms with E-state index in [9.17, 15) is 14.0 Å². The highest BCUT2D eigenvalue weighted by atomic mass is 19.1. The van der Waals surface area contributed by atoms with Crippen molar-refractivity contribution in [2.75, 3.05) is 19.0 Å². The molecule has 8 nitrogen and oxygen atoms in total. The zero-order chi connectivity index (χ0) is 20.9. The largest absolute Gasteiger partial charge is 0.446 e. The minimum Gasteiger partial charge on any atom is -0.446 e. The van der Waals surface area contributed by atoms with Gasteiger partial charge in [0.2, 0.25) is 5.91 Å². The predicted molar refractivity (Wildman–Crippen MR) is 106 cm³/mol. The number of aromatic nitrogens is 2. The zero-order valence-corrected chi connectivity index (χ0v) is 17.2. The first-order valence-corrected chi connectivity index (χ1v) is 10.9. The quantitative estimate of drug-likeness (QED) is 0.629. The number of methoxy groups -OCH3 is 1. The van der Waals surface area contributed by atoms with Crippen LogP contribution in [0.1, 0.15) is 56.6 Å². The summed E-state index contributed by atoms with van der Waals surface area (Å²) in [4.78, 5) is 24.5. The first kappa shape index (κ1) is 19.8. The summed E-state index contributed by atoms with van der Waals surface area (Å²) in [6.45, 7) is 0.608. The van der Waals surface area contributed by atoms with Gasteiger partial charge < -0.3 is 20.1 Å². The van der Waals surface area contributed by atoms with Gasteiger partial charge in [0.1, 0.15) is 12.3 Å². The number of carbonyl (C=O) groups is 2. The molecule has 2 bridgehead atoms. The maximum Gasteiger partial charge on any atom is 0.407 e. The second-order valence-corrected chi connectivity index (χ2v) is 9.59. The molecule has 3 N–H and O–H groups in total. The number of carbonyl (C=O) groups excluding carboxylic acids is 2. The number of hydrogen-bond acceptors (Lipinski definition) is 5. The summed E-state index contributed by atoms with van der Waals surface area (Å²) in [6, 6.07) is 1.87. The third-order valence-electron chi connectivity index (χ3n) is 7.36. The summed E-state index contributed by atoms with van der Waals surface area (Å²) in [5.41, 5.74) is 0.567. The van der Waals surface area contributed by atoms with Crippen LogP contribution in [0.3, 0.4) is 0 Å². The number of aromatic amines is 1. The van der Waals surface area contributed by atoms with E-state index in [4.69, 9.17) is 9.47 Å². The van der Waals surface area contributed by atoms with E-state index in [0.717, 1.165) is 37.8 Å². The molecule has 6 rings (SSSR count). The Morgan fingerprint density at radius 3 is 2.87 bits per heavy atom. The maximum absolute atomic E-state index is 13.6. The SMILES string of the molecule is COC[C@H]1C[C@@H]1C(=O)Nc1cc([C@H]2CC[C@@H](OC(=O)NC34CC(F)C(C3)C4)C2)[nH]n1.